The van der Waals surface area contributed by atoms with Crippen LogP contribution in [0.3, 0.4) is 0 Å². The molecule has 1 atom stereocenters. The van der Waals surface area contributed by atoms with Crippen molar-refractivity contribution in [3.63, 3.8) is 0 Å². The molecule has 0 saturated carbocycles. The van der Waals surface area contributed by atoms with Gasteiger partial charge in [0.25, 0.3) is 0 Å². The summed E-state index contributed by atoms with van der Waals surface area (Å²) in [5.74, 6) is -0.917. The second-order valence-corrected chi connectivity index (χ2v) is 19.2. The Balaban J connectivity index is 4.05. The SMILES string of the molecule is CC/C=C\C/C=C\C/C=C\C/C=C\C/C=C\C/C=C\C/C=C\C/C=C\CCCCCCCCCCCCC(=O)OCC(COC(=O)CCCCCCCC)OC(=O)CCCCCCC/C=C\C/C=C\CCC. The van der Waals surface area contributed by atoms with E-state index in [1.807, 2.05) is 0 Å². The van der Waals surface area contributed by atoms with Crippen LogP contribution in [0.5, 0.6) is 0 Å². The Morgan fingerprint density at radius 2 is 0.569 bits per heavy atom. The quantitative estimate of drug-likeness (QED) is 0.0261. The molecule has 72 heavy (non-hydrogen) atoms. The van der Waals surface area contributed by atoms with Gasteiger partial charge in [0.15, 0.2) is 6.10 Å². The van der Waals surface area contributed by atoms with Crippen LogP contribution in [0.25, 0.3) is 0 Å². The largest absolute Gasteiger partial charge is 0.462 e. The number of esters is 3. The highest BCUT2D eigenvalue weighted by atomic mass is 16.6. The number of carbonyl (C=O) groups excluding carboxylic acids is 3. The molecule has 6 heteroatoms. The van der Waals surface area contributed by atoms with Gasteiger partial charge in [0.05, 0.1) is 0 Å². The van der Waals surface area contributed by atoms with E-state index in [1.165, 1.54) is 77.0 Å². The predicted octanol–water partition coefficient (Wildman–Crippen LogP) is 20.0. The Kier molecular flexibility index (Phi) is 55.9. The third-order valence-electron chi connectivity index (χ3n) is 12.2. The summed E-state index contributed by atoms with van der Waals surface area (Å²) in [6, 6.07) is 0. The number of allylic oxidation sites excluding steroid dienone is 20. The van der Waals surface area contributed by atoms with Crippen molar-refractivity contribution >= 4 is 17.9 Å². The van der Waals surface area contributed by atoms with Crippen LogP contribution in [0.15, 0.2) is 122 Å². The van der Waals surface area contributed by atoms with E-state index >= 15 is 0 Å². The first-order valence-corrected chi connectivity index (χ1v) is 29.5. The summed E-state index contributed by atoms with van der Waals surface area (Å²) in [7, 11) is 0. The van der Waals surface area contributed by atoms with Crippen LogP contribution in [0.2, 0.25) is 0 Å². The monoisotopic (exact) mass is 997 g/mol. The van der Waals surface area contributed by atoms with Crippen LogP contribution in [-0.4, -0.2) is 37.2 Å². The van der Waals surface area contributed by atoms with E-state index in [2.05, 4.69) is 142 Å². The molecular weight excluding hydrogens is 889 g/mol. The lowest BCUT2D eigenvalue weighted by Crippen LogP contribution is -2.30. The summed E-state index contributed by atoms with van der Waals surface area (Å²) in [5, 5.41) is 0. The molecule has 6 nitrogen and oxygen atoms in total. The van der Waals surface area contributed by atoms with Crippen LogP contribution >= 0.6 is 0 Å². The number of carbonyl (C=O) groups is 3. The summed E-state index contributed by atoms with van der Waals surface area (Å²) in [4.78, 5) is 37.8. The van der Waals surface area contributed by atoms with Gasteiger partial charge in [0, 0.05) is 19.3 Å². The fourth-order valence-corrected chi connectivity index (χ4v) is 7.79. The van der Waals surface area contributed by atoms with Gasteiger partial charge in [-0.25, -0.2) is 0 Å². The van der Waals surface area contributed by atoms with Crippen LogP contribution in [0.4, 0.5) is 0 Å². The zero-order valence-electron chi connectivity index (χ0n) is 46.7. The van der Waals surface area contributed by atoms with E-state index in [0.717, 1.165) is 141 Å². The van der Waals surface area contributed by atoms with Crippen LogP contribution in [0, 0.1) is 0 Å². The van der Waals surface area contributed by atoms with Crippen molar-refractivity contribution in [3.05, 3.63) is 122 Å². The first-order chi connectivity index (χ1) is 35.5. The minimum atomic E-state index is -0.784. The smallest absolute Gasteiger partial charge is 0.306 e. The molecule has 0 radical (unpaired) electrons. The van der Waals surface area contributed by atoms with Crippen LogP contribution < -0.4 is 0 Å². The summed E-state index contributed by atoms with van der Waals surface area (Å²) < 4.78 is 16.7. The molecule has 0 bridgehead atoms. The standard InChI is InChI=1S/C66H108O6/c1-4-7-10-13-16-18-20-22-23-24-25-26-27-28-29-30-31-32-33-34-35-36-37-38-39-40-41-42-43-45-46-48-50-53-56-59-65(68)71-62-63(61-70-64(67)58-55-52-15-12-9-6-3)72-66(69)60-57-54-51-49-47-44-21-19-17-14-11-8-5-2/h7,10-11,14,16,18-19,21-23,25-26,28-29,31-32,34-35,37-38,63H,4-6,8-9,12-13,15,17,20,24,27,30,33,36,39-62H2,1-3H3/b10-7-,14-11-,18-16-,21-19-,23-22-,26-25-,29-28-,32-31-,35-34-,38-37-. The van der Waals surface area contributed by atoms with Crippen molar-refractivity contribution in [2.45, 2.75) is 264 Å². The molecule has 0 aliphatic carbocycles. The molecule has 0 heterocycles. The van der Waals surface area contributed by atoms with E-state index in [1.54, 1.807) is 0 Å². The number of unbranched alkanes of at least 4 members (excludes halogenated alkanes) is 21. The van der Waals surface area contributed by atoms with E-state index in [9.17, 15) is 14.4 Å². The number of hydrogen-bond acceptors (Lipinski definition) is 6. The van der Waals surface area contributed by atoms with E-state index in [-0.39, 0.29) is 31.1 Å². The Morgan fingerprint density at radius 3 is 0.903 bits per heavy atom. The normalized spacial score (nSPS) is 13.0. The topological polar surface area (TPSA) is 78.9 Å². The molecule has 0 saturated heterocycles. The molecule has 0 N–H and O–H groups in total. The summed E-state index contributed by atoms with van der Waals surface area (Å²) in [6.07, 6.45) is 82.4. The lowest BCUT2D eigenvalue weighted by atomic mass is 10.1. The third-order valence-corrected chi connectivity index (χ3v) is 12.2. The van der Waals surface area contributed by atoms with Gasteiger partial charge in [-0.15, -0.1) is 0 Å². The van der Waals surface area contributed by atoms with Crippen molar-refractivity contribution in [2.24, 2.45) is 0 Å². The van der Waals surface area contributed by atoms with Gasteiger partial charge in [-0.3, -0.25) is 14.4 Å². The summed E-state index contributed by atoms with van der Waals surface area (Å²) in [6.45, 7) is 6.38. The Morgan fingerprint density at radius 1 is 0.292 bits per heavy atom. The molecule has 0 rings (SSSR count). The Labute approximate surface area is 443 Å². The fourth-order valence-electron chi connectivity index (χ4n) is 7.79. The second kappa shape index (κ2) is 59.4. The predicted molar refractivity (Wildman–Crippen MR) is 311 cm³/mol. The van der Waals surface area contributed by atoms with Gasteiger partial charge < -0.3 is 14.2 Å². The molecule has 0 aliphatic rings. The highest BCUT2D eigenvalue weighted by Gasteiger charge is 2.19. The van der Waals surface area contributed by atoms with Crippen molar-refractivity contribution in [3.8, 4) is 0 Å². The number of hydrogen-bond donors (Lipinski definition) is 0. The molecule has 0 aromatic carbocycles. The molecule has 0 aromatic rings. The van der Waals surface area contributed by atoms with Gasteiger partial charge in [-0.2, -0.15) is 0 Å². The first kappa shape index (κ1) is 67.8. The van der Waals surface area contributed by atoms with Gasteiger partial charge in [0.2, 0.25) is 0 Å². The minimum Gasteiger partial charge on any atom is -0.462 e. The van der Waals surface area contributed by atoms with E-state index < -0.39 is 6.10 Å². The molecular formula is C66H108O6. The van der Waals surface area contributed by atoms with Crippen molar-refractivity contribution in [2.75, 3.05) is 13.2 Å². The highest BCUT2D eigenvalue weighted by molar-refractivity contribution is 5.71. The van der Waals surface area contributed by atoms with Gasteiger partial charge >= 0.3 is 17.9 Å². The molecule has 0 amide bonds. The summed E-state index contributed by atoms with van der Waals surface area (Å²) >= 11 is 0. The maximum Gasteiger partial charge on any atom is 0.306 e. The second-order valence-electron chi connectivity index (χ2n) is 19.2. The molecule has 408 valence electrons. The zero-order valence-corrected chi connectivity index (χ0v) is 46.7. The lowest BCUT2D eigenvalue weighted by Gasteiger charge is -2.18. The molecule has 1 unspecified atom stereocenters. The van der Waals surface area contributed by atoms with Gasteiger partial charge in [-0.1, -0.05) is 251 Å². The van der Waals surface area contributed by atoms with Crippen LogP contribution in [-0.2, 0) is 28.6 Å². The van der Waals surface area contributed by atoms with Crippen molar-refractivity contribution in [1.29, 1.82) is 0 Å². The first-order valence-electron chi connectivity index (χ1n) is 29.5. The van der Waals surface area contributed by atoms with E-state index in [4.69, 9.17) is 14.2 Å². The summed E-state index contributed by atoms with van der Waals surface area (Å²) in [5.41, 5.74) is 0. The minimum absolute atomic E-state index is 0.0855. The Bertz CT molecular complexity index is 1520. The van der Waals surface area contributed by atoms with Crippen molar-refractivity contribution in [1.82, 2.24) is 0 Å². The number of ether oxygens (including phenoxy) is 3. The highest BCUT2D eigenvalue weighted by Crippen LogP contribution is 2.15. The molecule has 0 aliphatic heterocycles. The molecule has 0 fully saturated rings. The number of rotatable bonds is 52. The van der Waals surface area contributed by atoms with Gasteiger partial charge in [0.1, 0.15) is 13.2 Å². The molecule has 0 aromatic heterocycles. The maximum atomic E-state index is 12.7. The molecule has 0 spiro atoms. The lowest BCUT2D eigenvalue weighted by molar-refractivity contribution is -0.167. The Hall–Kier alpha value is -4.19. The third kappa shape index (κ3) is 56.7. The average molecular weight is 998 g/mol. The van der Waals surface area contributed by atoms with Crippen LogP contribution in [0.1, 0.15) is 258 Å². The van der Waals surface area contributed by atoms with Gasteiger partial charge in [-0.05, 0) is 109 Å². The fraction of sp³-hybridized carbons (Fsp3) is 0.652. The van der Waals surface area contributed by atoms with Crippen molar-refractivity contribution < 1.29 is 28.6 Å². The van der Waals surface area contributed by atoms with E-state index in [0.29, 0.717) is 19.3 Å². The zero-order chi connectivity index (χ0) is 52.2. The average Bonchev–Trinajstić information content (AvgIpc) is 3.38. The maximum absolute atomic E-state index is 12.7.